The number of aromatic nitrogens is 1. The smallest absolute Gasteiger partial charge is 0.140 e. The average molecular weight is 306 g/mol. The van der Waals surface area contributed by atoms with E-state index < -0.39 is 0 Å². The van der Waals surface area contributed by atoms with Gasteiger partial charge in [-0.25, -0.2) is 4.98 Å². The molecule has 0 fully saturated rings. The Morgan fingerprint density at radius 2 is 2.24 bits per heavy atom. The fourth-order valence-electron chi connectivity index (χ4n) is 1.88. The zero-order valence-corrected chi connectivity index (χ0v) is 13.4. The minimum Gasteiger partial charge on any atom is -0.486 e. The summed E-state index contributed by atoms with van der Waals surface area (Å²) >= 11 is 1.68. The van der Waals surface area contributed by atoms with Crippen molar-refractivity contribution in [2.75, 3.05) is 20.3 Å². The molecular formula is C16H22N2O2S. The van der Waals surface area contributed by atoms with Gasteiger partial charge < -0.3 is 14.8 Å². The maximum atomic E-state index is 5.80. The van der Waals surface area contributed by atoms with Gasteiger partial charge in [-0.1, -0.05) is 19.1 Å². The lowest BCUT2D eigenvalue weighted by molar-refractivity contribution is 0.199. The molecule has 0 aliphatic rings. The fourth-order valence-corrected chi connectivity index (χ4v) is 2.69. The minimum atomic E-state index is 0.524. The zero-order chi connectivity index (χ0) is 14.9. The summed E-state index contributed by atoms with van der Waals surface area (Å²) in [6.07, 6.45) is 2.93. The summed E-state index contributed by atoms with van der Waals surface area (Å²) in [7, 11) is 1.71. The summed E-state index contributed by atoms with van der Waals surface area (Å²) in [4.78, 5) is 5.61. The van der Waals surface area contributed by atoms with Crippen molar-refractivity contribution in [2.45, 2.75) is 26.5 Å². The molecule has 0 atom stereocenters. The van der Waals surface area contributed by atoms with Gasteiger partial charge in [0.2, 0.25) is 0 Å². The van der Waals surface area contributed by atoms with Crippen molar-refractivity contribution in [1.82, 2.24) is 10.3 Å². The highest BCUT2D eigenvalue weighted by molar-refractivity contribution is 7.11. The van der Waals surface area contributed by atoms with E-state index in [1.165, 1.54) is 10.4 Å². The van der Waals surface area contributed by atoms with Gasteiger partial charge in [-0.05, 0) is 24.1 Å². The van der Waals surface area contributed by atoms with Crippen LogP contribution in [0, 0.1) is 0 Å². The molecule has 0 spiro atoms. The summed E-state index contributed by atoms with van der Waals surface area (Å²) < 4.78 is 10.8. The molecule has 0 aliphatic carbocycles. The van der Waals surface area contributed by atoms with Gasteiger partial charge in [0.1, 0.15) is 17.4 Å². The first-order valence-electron chi connectivity index (χ1n) is 7.16. The number of thiazole rings is 1. The Labute approximate surface area is 130 Å². The van der Waals surface area contributed by atoms with Crippen molar-refractivity contribution >= 4 is 11.3 Å². The monoisotopic (exact) mass is 306 g/mol. The molecule has 21 heavy (non-hydrogen) atoms. The molecule has 1 aromatic carbocycles. The largest absolute Gasteiger partial charge is 0.486 e. The molecule has 0 amide bonds. The van der Waals surface area contributed by atoms with E-state index >= 15 is 0 Å². The van der Waals surface area contributed by atoms with E-state index in [1.807, 2.05) is 18.3 Å². The van der Waals surface area contributed by atoms with Gasteiger partial charge in [0.05, 0.1) is 6.61 Å². The maximum absolute atomic E-state index is 5.80. The first-order chi connectivity index (χ1) is 10.3. The number of methoxy groups -OCH3 is 1. The quantitative estimate of drug-likeness (QED) is 0.723. The number of nitrogens with one attached hydrogen (secondary N) is 1. The van der Waals surface area contributed by atoms with Crippen LogP contribution in [0.3, 0.4) is 0 Å². The molecule has 0 saturated heterocycles. The van der Waals surface area contributed by atoms with Crippen molar-refractivity contribution in [2.24, 2.45) is 0 Å². The molecule has 1 heterocycles. The molecule has 0 radical (unpaired) electrons. The molecule has 5 heteroatoms. The van der Waals surface area contributed by atoms with E-state index in [4.69, 9.17) is 9.47 Å². The minimum absolute atomic E-state index is 0.524. The average Bonchev–Trinajstić information content (AvgIpc) is 2.98. The number of benzene rings is 1. The number of rotatable bonds is 9. The predicted octanol–water partition coefficient (Wildman–Crippen LogP) is 3.02. The van der Waals surface area contributed by atoms with Gasteiger partial charge in [0.25, 0.3) is 0 Å². The summed E-state index contributed by atoms with van der Waals surface area (Å²) in [6, 6.07) is 8.21. The Kier molecular flexibility index (Phi) is 6.66. The highest BCUT2D eigenvalue weighted by atomic mass is 32.1. The predicted molar refractivity (Wildman–Crippen MR) is 85.8 cm³/mol. The number of hydrogen-bond donors (Lipinski definition) is 1. The number of ether oxygens (including phenoxy) is 2. The molecule has 114 valence electrons. The van der Waals surface area contributed by atoms with Crippen LogP contribution < -0.4 is 10.1 Å². The normalized spacial score (nSPS) is 10.8. The summed E-state index contributed by atoms with van der Waals surface area (Å²) in [5.74, 6) is 0.907. The summed E-state index contributed by atoms with van der Waals surface area (Å²) in [6.45, 7) is 5.07. The Bertz CT molecular complexity index is 543. The lowest BCUT2D eigenvalue weighted by atomic mass is 10.2. The van der Waals surface area contributed by atoms with Crippen LogP contribution in [-0.2, 0) is 24.3 Å². The third-order valence-corrected chi connectivity index (χ3v) is 4.02. The Hall–Kier alpha value is -1.43. The molecule has 1 N–H and O–H groups in total. The van der Waals surface area contributed by atoms with Crippen molar-refractivity contribution in [1.29, 1.82) is 0 Å². The van der Waals surface area contributed by atoms with Crippen molar-refractivity contribution < 1.29 is 9.47 Å². The number of aryl methyl sites for hydroxylation is 1. The van der Waals surface area contributed by atoms with Gasteiger partial charge in [-0.15, -0.1) is 11.3 Å². The lowest BCUT2D eigenvalue weighted by Crippen LogP contribution is -2.17. The van der Waals surface area contributed by atoms with Crippen molar-refractivity contribution in [3.63, 3.8) is 0 Å². The molecule has 0 unspecified atom stereocenters. The van der Waals surface area contributed by atoms with Gasteiger partial charge >= 0.3 is 0 Å². The fraction of sp³-hybridized carbons (Fsp3) is 0.438. The molecule has 0 aliphatic heterocycles. The Balaban J connectivity index is 1.79. The van der Waals surface area contributed by atoms with E-state index in [9.17, 15) is 0 Å². The van der Waals surface area contributed by atoms with Crippen molar-refractivity contribution in [3.8, 4) is 5.75 Å². The molecule has 0 saturated carbocycles. The zero-order valence-electron chi connectivity index (χ0n) is 12.6. The van der Waals surface area contributed by atoms with E-state index in [0.717, 1.165) is 36.9 Å². The van der Waals surface area contributed by atoms with Crippen molar-refractivity contribution in [3.05, 3.63) is 45.9 Å². The first kappa shape index (κ1) is 15.9. The highest BCUT2D eigenvalue weighted by Crippen LogP contribution is 2.18. The van der Waals surface area contributed by atoms with Crippen LogP contribution in [0.4, 0.5) is 0 Å². The third-order valence-electron chi connectivity index (χ3n) is 3.05. The van der Waals surface area contributed by atoms with E-state index in [-0.39, 0.29) is 0 Å². The second-order valence-corrected chi connectivity index (χ2v) is 5.88. The van der Waals surface area contributed by atoms with Crippen LogP contribution in [0.15, 0.2) is 30.5 Å². The molecular weight excluding hydrogens is 284 g/mol. The third kappa shape index (κ3) is 5.46. The first-order valence-corrected chi connectivity index (χ1v) is 7.98. The molecule has 0 bridgehead atoms. The molecule has 2 aromatic rings. The van der Waals surface area contributed by atoms with E-state index in [0.29, 0.717) is 6.61 Å². The van der Waals surface area contributed by atoms with E-state index in [1.54, 1.807) is 18.4 Å². The maximum Gasteiger partial charge on any atom is 0.140 e. The number of hydrogen-bond acceptors (Lipinski definition) is 5. The number of nitrogens with zero attached hydrogens (tertiary/aromatic N) is 1. The van der Waals surface area contributed by atoms with E-state index in [2.05, 4.69) is 29.4 Å². The standard InChI is InChI=1S/C16H22N2O2S/c1-3-13-5-4-6-14(9-13)20-12-16-18-11-15(21-16)10-17-7-8-19-2/h4-6,9,11,17H,3,7-8,10,12H2,1-2H3. The van der Waals surface area contributed by atoms with Gasteiger partial charge in [0, 0.05) is 31.3 Å². The Morgan fingerprint density at radius 3 is 3.05 bits per heavy atom. The van der Waals surface area contributed by atoms with Gasteiger partial charge in [-0.3, -0.25) is 0 Å². The molecule has 2 rings (SSSR count). The van der Waals surface area contributed by atoms with Crippen LogP contribution in [0.1, 0.15) is 22.4 Å². The van der Waals surface area contributed by atoms with Gasteiger partial charge in [-0.2, -0.15) is 0 Å². The molecule has 1 aromatic heterocycles. The van der Waals surface area contributed by atoms with Crippen LogP contribution in [0.2, 0.25) is 0 Å². The summed E-state index contributed by atoms with van der Waals surface area (Å²) in [5, 5.41) is 4.31. The van der Waals surface area contributed by atoms with Crippen LogP contribution in [0.25, 0.3) is 0 Å². The Morgan fingerprint density at radius 1 is 1.33 bits per heavy atom. The van der Waals surface area contributed by atoms with Crippen LogP contribution in [-0.4, -0.2) is 25.2 Å². The highest BCUT2D eigenvalue weighted by Gasteiger charge is 2.03. The summed E-state index contributed by atoms with van der Waals surface area (Å²) in [5.41, 5.74) is 1.29. The molecule has 4 nitrogen and oxygen atoms in total. The second kappa shape index (κ2) is 8.77. The van der Waals surface area contributed by atoms with Crippen LogP contribution in [0.5, 0.6) is 5.75 Å². The van der Waals surface area contributed by atoms with Gasteiger partial charge in [0.15, 0.2) is 0 Å². The van der Waals surface area contributed by atoms with Crippen LogP contribution >= 0.6 is 11.3 Å². The lowest BCUT2D eigenvalue weighted by Gasteiger charge is -2.05. The SMILES string of the molecule is CCc1cccc(OCc2ncc(CNCCOC)s2)c1. The topological polar surface area (TPSA) is 43.4 Å². The second-order valence-electron chi connectivity index (χ2n) is 4.68.